The molecule has 0 saturated heterocycles. The van der Waals surface area contributed by atoms with Crippen LogP contribution in [-0.2, 0) is 10.1 Å². The van der Waals surface area contributed by atoms with Gasteiger partial charge in [0.15, 0.2) is 5.69 Å². The van der Waals surface area contributed by atoms with Gasteiger partial charge in [-0.05, 0) is 32.9 Å². The van der Waals surface area contributed by atoms with E-state index in [4.69, 9.17) is 9.47 Å². The second-order valence-corrected chi connectivity index (χ2v) is 6.93. The Morgan fingerprint density at radius 1 is 1.22 bits per heavy atom. The normalized spacial score (nSPS) is 11.3. The van der Waals surface area contributed by atoms with Crippen molar-refractivity contribution in [3.05, 3.63) is 35.7 Å². The average Bonchev–Trinajstić information content (AvgIpc) is 2.96. The van der Waals surface area contributed by atoms with Crippen LogP contribution in [0, 0.1) is 0 Å². The minimum Gasteiger partial charge on any atom is -0.490 e. The van der Waals surface area contributed by atoms with Crippen molar-refractivity contribution >= 4 is 49.6 Å². The van der Waals surface area contributed by atoms with E-state index in [9.17, 15) is 9.59 Å². The van der Waals surface area contributed by atoms with E-state index in [2.05, 4.69) is 20.9 Å². The Morgan fingerprint density at radius 2 is 1.96 bits per heavy atom. The smallest absolute Gasteiger partial charge is 0.357 e. The number of hydrogen-bond acceptors (Lipinski definition) is 5. The summed E-state index contributed by atoms with van der Waals surface area (Å²) < 4.78 is 12.8. The van der Waals surface area contributed by atoms with E-state index in [0.717, 1.165) is 16.3 Å². The van der Waals surface area contributed by atoms with Crippen LogP contribution in [0.15, 0.2) is 24.4 Å². The third-order valence-corrected chi connectivity index (χ3v) is 4.74. The van der Waals surface area contributed by atoms with Crippen molar-refractivity contribution in [1.29, 1.82) is 0 Å². The summed E-state index contributed by atoms with van der Waals surface area (Å²) in [6.07, 6.45) is 1.51. The molecule has 0 saturated carbocycles. The molecule has 0 spiro atoms. The first-order valence-electron chi connectivity index (χ1n) is 8.76. The van der Waals surface area contributed by atoms with Crippen LogP contribution in [0.3, 0.4) is 0 Å². The number of hydrogen-bond donors (Lipinski definition) is 0. The molecule has 0 unspecified atom stereocenters. The number of ether oxygens (including phenoxy) is 2. The lowest BCUT2D eigenvalue weighted by Gasteiger charge is -2.12. The predicted octanol–water partition coefficient (Wildman–Crippen LogP) is 4.71. The van der Waals surface area contributed by atoms with Crippen LogP contribution < -0.4 is 4.74 Å². The fourth-order valence-electron chi connectivity index (χ4n) is 3.27. The van der Waals surface area contributed by atoms with E-state index >= 15 is 0 Å². The molecule has 142 valence electrons. The Hall–Kier alpha value is -2.41. The van der Waals surface area contributed by atoms with Crippen molar-refractivity contribution in [2.24, 2.45) is 0 Å². The van der Waals surface area contributed by atoms with Crippen molar-refractivity contribution < 1.29 is 19.1 Å². The molecule has 1 aromatic carbocycles. The van der Waals surface area contributed by atoms with E-state index in [0.29, 0.717) is 22.2 Å². The van der Waals surface area contributed by atoms with E-state index in [1.807, 2.05) is 32.0 Å². The zero-order chi connectivity index (χ0) is 19.7. The molecule has 0 fully saturated rings. The van der Waals surface area contributed by atoms with Crippen LogP contribution >= 0.6 is 15.9 Å². The van der Waals surface area contributed by atoms with Crippen LogP contribution in [0.1, 0.15) is 48.5 Å². The van der Waals surface area contributed by atoms with Crippen molar-refractivity contribution in [3.8, 4) is 5.75 Å². The summed E-state index contributed by atoms with van der Waals surface area (Å²) in [5, 5.41) is 1.95. The molecule has 0 aliphatic heterocycles. The molecular weight excluding hydrogens is 412 g/mol. The predicted molar refractivity (Wildman–Crippen MR) is 108 cm³/mol. The monoisotopic (exact) mass is 432 g/mol. The van der Waals surface area contributed by atoms with Crippen molar-refractivity contribution in [1.82, 2.24) is 9.55 Å². The van der Waals surface area contributed by atoms with Gasteiger partial charge in [-0.15, -0.1) is 0 Å². The molecule has 2 aromatic heterocycles. The first kappa shape index (κ1) is 19.4. The van der Waals surface area contributed by atoms with Gasteiger partial charge in [0.25, 0.3) is 0 Å². The Bertz CT molecular complexity index is 1040. The van der Waals surface area contributed by atoms with Crippen LogP contribution in [-0.4, -0.2) is 34.1 Å². The molecule has 27 heavy (non-hydrogen) atoms. The van der Waals surface area contributed by atoms with Gasteiger partial charge in [-0.2, -0.15) is 0 Å². The zero-order valence-corrected chi connectivity index (χ0v) is 17.3. The first-order valence-corrected chi connectivity index (χ1v) is 9.88. The van der Waals surface area contributed by atoms with Gasteiger partial charge in [-0.1, -0.05) is 22.0 Å². The second kappa shape index (κ2) is 7.68. The minimum atomic E-state index is -0.486. The van der Waals surface area contributed by atoms with Gasteiger partial charge in [-0.3, -0.25) is 9.36 Å². The Morgan fingerprint density at radius 3 is 2.56 bits per heavy atom. The summed E-state index contributed by atoms with van der Waals surface area (Å²) in [4.78, 5) is 29.1. The fourth-order valence-corrected chi connectivity index (χ4v) is 3.82. The third-order valence-electron chi connectivity index (χ3n) is 4.18. The molecule has 6 nitrogen and oxygen atoms in total. The molecule has 0 radical (unpaired) electrons. The molecular formula is C20H21BrN2O4. The number of pyridine rings is 1. The quantitative estimate of drug-likeness (QED) is 0.431. The lowest BCUT2D eigenvalue weighted by molar-refractivity contribution is 0.0518. The number of esters is 1. The van der Waals surface area contributed by atoms with Gasteiger partial charge in [0.2, 0.25) is 5.91 Å². The van der Waals surface area contributed by atoms with Crippen LogP contribution in [0.5, 0.6) is 5.75 Å². The Kier molecular flexibility index (Phi) is 5.51. The molecule has 3 rings (SSSR count). The highest BCUT2D eigenvalue weighted by Crippen LogP contribution is 2.39. The van der Waals surface area contributed by atoms with Crippen molar-refractivity contribution in [3.63, 3.8) is 0 Å². The molecule has 3 aromatic rings. The molecule has 0 N–H and O–H groups in total. The maximum atomic E-state index is 12.4. The Labute approximate surface area is 165 Å². The highest BCUT2D eigenvalue weighted by molar-refractivity contribution is 9.08. The number of carbonyl (C=O) groups excluding carboxylic acids is 2. The minimum absolute atomic E-state index is 0.0369. The van der Waals surface area contributed by atoms with Gasteiger partial charge in [0, 0.05) is 23.2 Å². The van der Waals surface area contributed by atoms with Crippen LogP contribution in [0.2, 0.25) is 0 Å². The SMILES string of the molecule is CCOC(=O)c1ncc2c(c1CBr)c1c(OC(C)C)cccc1n2C(C)=O. The van der Waals surface area contributed by atoms with E-state index < -0.39 is 5.97 Å². The van der Waals surface area contributed by atoms with Gasteiger partial charge >= 0.3 is 5.97 Å². The lowest BCUT2D eigenvalue weighted by Crippen LogP contribution is -2.11. The standard InChI is InChI=1S/C20H21BrN2O4/c1-5-26-20(25)19-13(9-21)17-15(10-22-19)23(12(4)24)14-7-6-8-16(18(14)17)27-11(2)3/h6-8,10-11H,5,9H2,1-4H3. The molecule has 0 aliphatic carbocycles. The molecule has 0 aliphatic rings. The van der Waals surface area contributed by atoms with E-state index in [-0.39, 0.29) is 24.3 Å². The maximum Gasteiger partial charge on any atom is 0.357 e. The number of halogens is 1. The largest absolute Gasteiger partial charge is 0.490 e. The van der Waals surface area contributed by atoms with Crippen molar-refractivity contribution in [2.45, 2.75) is 39.1 Å². The molecule has 2 heterocycles. The highest BCUT2D eigenvalue weighted by Gasteiger charge is 2.24. The summed E-state index contributed by atoms with van der Waals surface area (Å²) in [5.74, 6) is 0.0402. The third kappa shape index (κ3) is 3.32. The number of fused-ring (bicyclic) bond motifs is 3. The molecule has 0 atom stereocenters. The number of benzene rings is 1. The van der Waals surface area contributed by atoms with Gasteiger partial charge in [-0.25, -0.2) is 9.78 Å². The lowest BCUT2D eigenvalue weighted by atomic mass is 10.1. The Balaban J connectivity index is 2.49. The first-order chi connectivity index (χ1) is 12.9. The van der Waals surface area contributed by atoms with Gasteiger partial charge in [0.05, 0.1) is 35.3 Å². The topological polar surface area (TPSA) is 70.4 Å². The van der Waals surface area contributed by atoms with Crippen LogP contribution in [0.4, 0.5) is 0 Å². The highest BCUT2D eigenvalue weighted by atomic mass is 79.9. The summed E-state index contributed by atoms with van der Waals surface area (Å²) in [6.45, 7) is 7.40. The van der Waals surface area contributed by atoms with Gasteiger partial charge in [0.1, 0.15) is 5.75 Å². The molecule has 0 amide bonds. The number of rotatable bonds is 5. The molecule has 7 heteroatoms. The fraction of sp³-hybridized carbons (Fsp3) is 0.350. The van der Waals surface area contributed by atoms with Gasteiger partial charge < -0.3 is 9.47 Å². The summed E-state index contributed by atoms with van der Waals surface area (Å²) in [6, 6.07) is 5.59. The summed E-state index contributed by atoms with van der Waals surface area (Å²) in [7, 11) is 0. The molecule has 0 bridgehead atoms. The van der Waals surface area contributed by atoms with E-state index in [1.54, 1.807) is 17.7 Å². The second-order valence-electron chi connectivity index (χ2n) is 6.37. The zero-order valence-electron chi connectivity index (χ0n) is 15.7. The number of nitrogens with zero attached hydrogens (tertiary/aromatic N) is 2. The number of aromatic nitrogens is 2. The van der Waals surface area contributed by atoms with Crippen molar-refractivity contribution in [2.75, 3.05) is 6.61 Å². The summed E-state index contributed by atoms with van der Waals surface area (Å²) in [5.41, 5.74) is 2.28. The number of alkyl halides is 1. The maximum absolute atomic E-state index is 12.4. The van der Waals surface area contributed by atoms with E-state index in [1.165, 1.54) is 6.92 Å². The average molecular weight is 433 g/mol. The summed E-state index contributed by atoms with van der Waals surface area (Å²) >= 11 is 3.47. The number of carbonyl (C=O) groups is 2. The van der Waals surface area contributed by atoms with Crippen LogP contribution in [0.25, 0.3) is 21.8 Å².